The highest BCUT2D eigenvalue weighted by Crippen LogP contribution is 2.11. The van der Waals surface area contributed by atoms with Crippen molar-refractivity contribution in [2.75, 3.05) is 6.54 Å². The molecule has 0 bridgehead atoms. The van der Waals surface area contributed by atoms with Crippen LogP contribution in [-0.4, -0.2) is 33.5 Å². The molecule has 0 radical (unpaired) electrons. The van der Waals surface area contributed by atoms with E-state index in [4.69, 9.17) is 0 Å². The highest BCUT2D eigenvalue weighted by Gasteiger charge is 2.12. The van der Waals surface area contributed by atoms with E-state index < -0.39 is 0 Å². The van der Waals surface area contributed by atoms with Crippen molar-refractivity contribution in [3.63, 3.8) is 0 Å². The molecule has 2 amide bonds. The lowest BCUT2D eigenvalue weighted by Crippen LogP contribution is -2.40. The van der Waals surface area contributed by atoms with Crippen LogP contribution in [0, 0.1) is 0 Å². The van der Waals surface area contributed by atoms with E-state index in [1.165, 1.54) is 0 Å². The molecule has 2 N–H and O–H groups in total. The molecule has 0 unspecified atom stereocenters. The summed E-state index contributed by atoms with van der Waals surface area (Å²) in [7, 11) is 1.71. The molecule has 0 aliphatic heterocycles. The van der Waals surface area contributed by atoms with E-state index in [0.717, 1.165) is 11.0 Å². The normalized spacial score (nSPS) is 11.0. The molecular formula is C16H22N4O3. The minimum atomic E-state index is -0.260. The Morgan fingerprint density at radius 2 is 1.78 bits per heavy atom. The van der Waals surface area contributed by atoms with Crippen molar-refractivity contribution >= 4 is 22.8 Å². The molecule has 0 aliphatic carbocycles. The highest BCUT2D eigenvalue weighted by molar-refractivity contribution is 5.84. The zero-order valence-corrected chi connectivity index (χ0v) is 13.6. The van der Waals surface area contributed by atoms with Gasteiger partial charge in [0.2, 0.25) is 11.8 Å². The first kappa shape index (κ1) is 16.8. The molecular weight excluding hydrogens is 296 g/mol. The van der Waals surface area contributed by atoms with E-state index >= 15 is 0 Å². The molecule has 0 saturated carbocycles. The Hall–Kier alpha value is -2.57. The van der Waals surface area contributed by atoms with E-state index in [0.29, 0.717) is 0 Å². The lowest BCUT2D eigenvalue weighted by atomic mass is 10.3. The average molecular weight is 318 g/mol. The zero-order valence-electron chi connectivity index (χ0n) is 13.6. The smallest absolute Gasteiger partial charge is 0.328 e. The number of para-hydroxylation sites is 2. The van der Waals surface area contributed by atoms with Gasteiger partial charge in [-0.2, -0.15) is 0 Å². The second-order valence-electron chi connectivity index (χ2n) is 5.73. The maximum Gasteiger partial charge on any atom is 0.328 e. The molecule has 0 fully saturated rings. The minimum absolute atomic E-state index is 0.0358. The molecule has 7 heteroatoms. The van der Waals surface area contributed by atoms with Crippen LogP contribution in [0.3, 0.4) is 0 Å². The van der Waals surface area contributed by atoms with Gasteiger partial charge in [0.25, 0.3) is 0 Å². The van der Waals surface area contributed by atoms with Crippen LogP contribution >= 0.6 is 0 Å². The molecule has 7 nitrogen and oxygen atoms in total. The van der Waals surface area contributed by atoms with Gasteiger partial charge in [-0.3, -0.25) is 18.7 Å². The van der Waals surface area contributed by atoms with Crippen molar-refractivity contribution in [3.05, 3.63) is 34.7 Å². The Morgan fingerprint density at radius 3 is 2.43 bits per heavy atom. The molecule has 0 aliphatic rings. The summed E-state index contributed by atoms with van der Waals surface area (Å²) in [5.41, 5.74) is 1.47. The summed E-state index contributed by atoms with van der Waals surface area (Å²) >= 11 is 0. The fraction of sp³-hybridized carbons (Fsp3) is 0.438. The fourth-order valence-electron chi connectivity index (χ4n) is 2.43. The predicted molar refractivity (Wildman–Crippen MR) is 88.1 cm³/mol. The van der Waals surface area contributed by atoms with E-state index in [1.54, 1.807) is 16.2 Å². The number of rotatable bonds is 6. The number of carbonyl (C=O) groups excluding carboxylic acids is 2. The van der Waals surface area contributed by atoms with E-state index in [9.17, 15) is 14.4 Å². The van der Waals surface area contributed by atoms with Crippen LogP contribution in [0.2, 0.25) is 0 Å². The van der Waals surface area contributed by atoms with Crippen molar-refractivity contribution in [1.82, 2.24) is 19.8 Å². The summed E-state index contributed by atoms with van der Waals surface area (Å²) in [6.07, 6.45) is 0.142. The molecule has 0 saturated heterocycles. The summed E-state index contributed by atoms with van der Waals surface area (Å²) in [6, 6.07) is 7.48. The average Bonchev–Trinajstić information content (AvgIpc) is 2.75. The summed E-state index contributed by atoms with van der Waals surface area (Å²) in [5, 5.41) is 5.26. The minimum Gasteiger partial charge on any atom is -0.352 e. The SMILES string of the molecule is CC(C)NC(=O)CNC(=O)CCn1c(=O)n(C)c2ccccc21. The molecule has 1 aromatic carbocycles. The topological polar surface area (TPSA) is 85.1 Å². The van der Waals surface area contributed by atoms with Crippen LogP contribution in [0.5, 0.6) is 0 Å². The third-order valence-electron chi connectivity index (χ3n) is 3.51. The number of nitrogens with zero attached hydrogens (tertiary/aromatic N) is 2. The Labute approximate surface area is 134 Å². The van der Waals surface area contributed by atoms with Crippen LogP contribution in [0.15, 0.2) is 29.1 Å². The summed E-state index contributed by atoms with van der Waals surface area (Å²) < 4.78 is 3.13. The molecule has 0 atom stereocenters. The highest BCUT2D eigenvalue weighted by atomic mass is 16.2. The monoisotopic (exact) mass is 318 g/mol. The van der Waals surface area contributed by atoms with Gasteiger partial charge in [0.15, 0.2) is 0 Å². The van der Waals surface area contributed by atoms with Crippen molar-refractivity contribution < 1.29 is 9.59 Å². The van der Waals surface area contributed by atoms with Gasteiger partial charge < -0.3 is 10.6 Å². The van der Waals surface area contributed by atoms with E-state index in [2.05, 4.69) is 10.6 Å². The predicted octanol–water partition coefficient (Wildman–Crippen LogP) is 0.371. The summed E-state index contributed by atoms with van der Waals surface area (Å²) in [4.78, 5) is 35.5. The lowest BCUT2D eigenvalue weighted by Gasteiger charge is -2.09. The second kappa shape index (κ2) is 7.13. The number of hydrogen-bond acceptors (Lipinski definition) is 3. The van der Waals surface area contributed by atoms with Gasteiger partial charge in [-0.25, -0.2) is 4.79 Å². The molecule has 2 rings (SSSR count). The maximum absolute atomic E-state index is 12.2. The van der Waals surface area contributed by atoms with Crippen LogP contribution in [0.25, 0.3) is 11.0 Å². The third-order valence-corrected chi connectivity index (χ3v) is 3.51. The number of benzene rings is 1. The first-order valence-electron chi connectivity index (χ1n) is 7.60. The van der Waals surface area contributed by atoms with Gasteiger partial charge in [0.05, 0.1) is 17.6 Å². The van der Waals surface area contributed by atoms with Gasteiger partial charge in [0, 0.05) is 26.1 Å². The number of fused-ring (bicyclic) bond motifs is 1. The Bertz CT molecular complexity index is 773. The Kier molecular flexibility index (Phi) is 5.20. The maximum atomic E-state index is 12.2. The Morgan fingerprint density at radius 1 is 1.13 bits per heavy atom. The van der Waals surface area contributed by atoms with Gasteiger partial charge in [0.1, 0.15) is 0 Å². The van der Waals surface area contributed by atoms with Crippen LogP contribution in [-0.2, 0) is 23.2 Å². The number of imidazole rings is 1. The Balaban J connectivity index is 1.96. The first-order chi connectivity index (χ1) is 10.9. The summed E-state index contributed by atoms with van der Waals surface area (Å²) in [5.74, 6) is -0.487. The van der Waals surface area contributed by atoms with Gasteiger partial charge in [-0.15, -0.1) is 0 Å². The van der Waals surface area contributed by atoms with Crippen molar-refractivity contribution in [1.29, 1.82) is 0 Å². The molecule has 23 heavy (non-hydrogen) atoms. The van der Waals surface area contributed by atoms with Crippen molar-refractivity contribution in [3.8, 4) is 0 Å². The fourth-order valence-corrected chi connectivity index (χ4v) is 2.43. The molecule has 1 aromatic heterocycles. The molecule has 124 valence electrons. The first-order valence-corrected chi connectivity index (χ1v) is 7.60. The number of nitrogens with one attached hydrogen (secondary N) is 2. The third kappa shape index (κ3) is 4.00. The molecule has 1 heterocycles. The van der Waals surface area contributed by atoms with Gasteiger partial charge >= 0.3 is 5.69 Å². The summed E-state index contributed by atoms with van der Waals surface area (Å²) in [6.45, 7) is 3.93. The molecule has 2 aromatic rings. The van der Waals surface area contributed by atoms with Gasteiger partial charge in [-0.05, 0) is 26.0 Å². The number of aryl methyl sites for hydroxylation is 2. The van der Waals surface area contributed by atoms with Crippen molar-refractivity contribution in [2.45, 2.75) is 32.9 Å². The van der Waals surface area contributed by atoms with E-state index in [1.807, 2.05) is 38.1 Å². The zero-order chi connectivity index (χ0) is 17.0. The number of amides is 2. The van der Waals surface area contributed by atoms with Crippen molar-refractivity contribution in [2.24, 2.45) is 7.05 Å². The van der Waals surface area contributed by atoms with Gasteiger partial charge in [-0.1, -0.05) is 12.1 Å². The lowest BCUT2D eigenvalue weighted by molar-refractivity contribution is -0.126. The van der Waals surface area contributed by atoms with Crippen LogP contribution in [0.4, 0.5) is 0 Å². The molecule has 0 spiro atoms. The van der Waals surface area contributed by atoms with Crippen LogP contribution < -0.4 is 16.3 Å². The standard InChI is InChI=1S/C16H22N4O3/c1-11(2)18-15(22)10-17-14(21)8-9-20-13-7-5-4-6-12(13)19(3)16(20)23/h4-7,11H,8-10H2,1-3H3,(H,17,21)(H,18,22). The second-order valence-corrected chi connectivity index (χ2v) is 5.73. The number of carbonyl (C=O) groups is 2. The van der Waals surface area contributed by atoms with E-state index in [-0.39, 0.29) is 43.1 Å². The number of aromatic nitrogens is 2. The van der Waals surface area contributed by atoms with Crippen LogP contribution in [0.1, 0.15) is 20.3 Å². The largest absolute Gasteiger partial charge is 0.352 e. The number of hydrogen-bond donors (Lipinski definition) is 2. The quantitative estimate of drug-likeness (QED) is 0.807.